The van der Waals surface area contributed by atoms with Gasteiger partial charge in [0.05, 0.1) is 17.9 Å². The summed E-state index contributed by atoms with van der Waals surface area (Å²) in [6, 6.07) is -0.488. The molecule has 2 aliphatic heterocycles. The van der Waals surface area contributed by atoms with Gasteiger partial charge in [-0.05, 0) is 19.3 Å². The molecular weight excluding hydrogens is 284 g/mol. The summed E-state index contributed by atoms with van der Waals surface area (Å²) in [5.41, 5.74) is 0. The average Bonchev–Trinajstić information content (AvgIpc) is 2.38. The quantitative estimate of drug-likeness (QED) is 0.784. The standard InChI is InChI=1S/C12H20N2O5S/c15-11(16)9-10-3-1-2-4-14(10)12(17)13-5-7-20(18,19)8-6-13/h10H,1-9H2,(H,15,16). The zero-order valence-electron chi connectivity index (χ0n) is 11.3. The first-order valence-electron chi connectivity index (χ1n) is 6.87. The van der Waals surface area contributed by atoms with Gasteiger partial charge in [0.1, 0.15) is 0 Å². The predicted octanol–water partition coefficient (Wildman–Crippen LogP) is 0.166. The Morgan fingerprint density at radius 3 is 2.35 bits per heavy atom. The van der Waals surface area contributed by atoms with Gasteiger partial charge < -0.3 is 14.9 Å². The zero-order valence-corrected chi connectivity index (χ0v) is 12.1. The molecule has 20 heavy (non-hydrogen) atoms. The van der Waals surface area contributed by atoms with E-state index in [1.807, 2.05) is 0 Å². The summed E-state index contributed by atoms with van der Waals surface area (Å²) in [6.45, 7) is 0.967. The third-order valence-electron chi connectivity index (χ3n) is 3.90. The zero-order chi connectivity index (χ0) is 14.8. The van der Waals surface area contributed by atoms with Crippen LogP contribution in [0.2, 0.25) is 0 Å². The molecule has 1 atom stereocenters. The van der Waals surface area contributed by atoms with Gasteiger partial charge >= 0.3 is 12.0 Å². The lowest BCUT2D eigenvalue weighted by Gasteiger charge is -2.39. The Hall–Kier alpha value is -1.31. The largest absolute Gasteiger partial charge is 0.481 e. The maximum atomic E-state index is 12.4. The van der Waals surface area contributed by atoms with Gasteiger partial charge in [-0.25, -0.2) is 13.2 Å². The first kappa shape index (κ1) is 15.1. The molecule has 2 aliphatic rings. The van der Waals surface area contributed by atoms with E-state index in [9.17, 15) is 18.0 Å². The van der Waals surface area contributed by atoms with Crippen LogP contribution in [0.5, 0.6) is 0 Å². The second-order valence-corrected chi connectivity index (χ2v) is 7.67. The number of likely N-dealkylation sites (tertiary alicyclic amines) is 1. The van der Waals surface area contributed by atoms with E-state index in [0.29, 0.717) is 13.0 Å². The summed E-state index contributed by atoms with van der Waals surface area (Å²) >= 11 is 0. The van der Waals surface area contributed by atoms with Crippen LogP contribution in [0.15, 0.2) is 0 Å². The highest BCUT2D eigenvalue weighted by atomic mass is 32.2. The molecule has 2 fully saturated rings. The van der Waals surface area contributed by atoms with Gasteiger partial charge in [0.2, 0.25) is 0 Å². The van der Waals surface area contributed by atoms with Crippen LogP contribution in [0.25, 0.3) is 0 Å². The summed E-state index contributed by atoms with van der Waals surface area (Å²) in [6.07, 6.45) is 2.45. The first-order valence-corrected chi connectivity index (χ1v) is 8.69. The Kier molecular flexibility index (Phi) is 4.52. The topological polar surface area (TPSA) is 95.0 Å². The van der Waals surface area contributed by atoms with Crippen molar-refractivity contribution in [1.82, 2.24) is 9.80 Å². The number of piperidine rings is 1. The van der Waals surface area contributed by atoms with Gasteiger partial charge in [-0.1, -0.05) is 0 Å². The number of sulfone groups is 1. The summed E-state index contributed by atoms with van der Waals surface area (Å²) in [5, 5.41) is 8.91. The van der Waals surface area contributed by atoms with Crippen molar-refractivity contribution in [2.45, 2.75) is 31.7 Å². The van der Waals surface area contributed by atoms with E-state index in [-0.39, 0.29) is 43.1 Å². The van der Waals surface area contributed by atoms with Crippen LogP contribution >= 0.6 is 0 Å². The number of nitrogens with zero attached hydrogens (tertiary/aromatic N) is 2. The summed E-state index contributed by atoms with van der Waals surface area (Å²) in [7, 11) is -3.02. The molecule has 114 valence electrons. The van der Waals surface area contributed by atoms with Crippen molar-refractivity contribution in [2.75, 3.05) is 31.1 Å². The molecule has 2 rings (SSSR count). The minimum absolute atomic E-state index is 0.00379. The molecule has 1 unspecified atom stereocenters. The molecule has 2 saturated heterocycles. The monoisotopic (exact) mass is 304 g/mol. The summed E-state index contributed by atoms with van der Waals surface area (Å²) < 4.78 is 22.8. The minimum atomic E-state index is -3.02. The third kappa shape index (κ3) is 3.62. The summed E-state index contributed by atoms with van der Waals surface area (Å²) in [4.78, 5) is 26.4. The maximum absolute atomic E-state index is 12.4. The van der Waals surface area contributed by atoms with Gasteiger partial charge in [0, 0.05) is 25.7 Å². The highest BCUT2D eigenvalue weighted by molar-refractivity contribution is 7.91. The van der Waals surface area contributed by atoms with Crippen LogP contribution in [0.1, 0.15) is 25.7 Å². The van der Waals surface area contributed by atoms with Crippen LogP contribution in [0, 0.1) is 0 Å². The van der Waals surface area contributed by atoms with Crippen molar-refractivity contribution >= 4 is 21.8 Å². The van der Waals surface area contributed by atoms with E-state index in [0.717, 1.165) is 12.8 Å². The first-order chi connectivity index (χ1) is 9.39. The van der Waals surface area contributed by atoms with Gasteiger partial charge in [-0.3, -0.25) is 4.79 Å². The second kappa shape index (κ2) is 5.99. The number of carbonyl (C=O) groups is 2. The fourth-order valence-corrected chi connectivity index (χ4v) is 3.95. The molecule has 0 radical (unpaired) electrons. The second-order valence-electron chi connectivity index (χ2n) is 5.36. The number of hydrogen-bond donors (Lipinski definition) is 1. The van der Waals surface area contributed by atoms with Crippen molar-refractivity contribution < 1.29 is 23.1 Å². The number of carbonyl (C=O) groups excluding carboxylic acids is 1. The molecule has 2 amide bonds. The van der Waals surface area contributed by atoms with Crippen molar-refractivity contribution in [3.05, 3.63) is 0 Å². The van der Waals surface area contributed by atoms with E-state index in [4.69, 9.17) is 5.11 Å². The Balaban J connectivity index is 2.01. The molecule has 0 aliphatic carbocycles. The lowest BCUT2D eigenvalue weighted by molar-refractivity contribution is -0.138. The number of carboxylic acids is 1. The van der Waals surface area contributed by atoms with Gasteiger partial charge in [0.15, 0.2) is 9.84 Å². The van der Waals surface area contributed by atoms with Crippen LogP contribution in [-0.2, 0) is 14.6 Å². The number of urea groups is 1. The van der Waals surface area contributed by atoms with E-state index >= 15 is 0 Å². The number of hydrogen-bond acceptors (Lipinski definition) is 4. The van der Waals surface area contributed by atoms with Crippen LogP contribution in [0.3, 0.4) is 0 Å². The van der Waals surface area contributed by atoms with Crippen LogP contribution in [-0.4, -0.2) is 72.5 Å². The molecule has 2 heterocycles. The fraction of sp³-hybridized carbons (Fsp3) is 0.833. The van der Waals surface area contributed by atoms with E-state index in [1.165, 1.54) is 4.90 Å². The molecule has 0 aromatic rings. The van der Waals surface area contributed by atoms with Crippen LogP contribution < -0.4 is 0 Å². The summed E-state index contributed by atoms with van der Waals surface area (Å²) in [5.74, 6) is -0.914. The number of aliphatic carboxylic acids is 1. The lowest BCUT2D eigenvalue weighted by Crippen LogP contribution is -2.54. The normalized spacial score (nSPS) is 26.3. The van der Waals surface area contributed by atoms with Crippen LogP contribution in [0.4, 0.5) is 4.79 Å². The molecule has 1 N–H and O–H groups in total. The molecule has 8 heteroatoms. The Bertz CT molecular complexity index is 476. The smallest absolute Gasteiger partial charge is 0.320 e. The molecule has 0 aromatic carbocycles. The van der Waals surface area contributed by atoms with E-state index < -0.39 is 15.8 Å². The molecule has 7 nitrogen and oxygen atoms in total. The highest BCUT2D eigenvalue weighted by Crippen LogP contribution is 2.22. The molecule has 0 saturated carbocycles. The third-order valence-corrected chi connectivity index (χ3v) is 5.51. The molecule has 0 bridgehead atoms. The Labute approximate surface area is 118 Å². The Morgan fingerprint density at radius 1 is 1.10 bits per heavy atom. The minimum Gasteiger partial charge on any atom is -0.481 e. The van der Waals surface area contributed by atoms with Crippen molar-refractivity contribution in [1.29, 1.82) is 0 Å². The van der Waals surface area contributed by atoms with Crippen molar-refractivity contribution in [2.24, 2.45) is 0 Å². The predicted molar refractivity (Wildman–Crippen MR) is 72.2 cm³/mol. The highest BCUT2D eigenvalue weighted by Gasteiger charge is 2.33. The number of amides is 2. The Morgan fingerprint density at radius 2 is 1.75 bits per heavy atom. The van der Waals surface area contributed by atoms with Gasteiger partial charge in [-0.2, -0.15) is 0 Å². The van der Waals surface area contributed by atoms with Gasteiger partial charge in [-0.15, -0.1) is 0 Å². The SMILES string of the molecule is O=C(O)CC1CCCCN1C(=O)N1CCS(=O)(=O)CC1. The van der Waals surface area contributed by atoms with Crippen molar-refractivity contribution in [3.63, 3.8) is 0 Å². The molecular formula is C12H20N2O5S. The lowest BCUT2D eigenvalue weighted by atomic mass is 10.00. The maximum Gasteiger partial charge on any atom is 0.320 e. The van der Waals surface area contributed by atoms with Gasteiger partial charge in [0.25, 0.3) is 0 Å². The fourth-order valence-electron chi connectivity index (χ4n) is 2.75. The van der Waals surface area contributed by atoms with Crippen molar-refractivity contribution in [3.8, 4) is 0 Å². The number of rotatable bonds is 2. The molecule has 0 spiro atoms. The van der Waals surface area contributed by atoms with E-state index in [2.05, 4.69) is 0 Å². The number of carboxylic acid groups (broad SMARTS) is 1. The molecule has 0 aromatic heterocycles. The average molecular weight is 304 g/mol. The van der Waals surface area contributed by atoms with E-state index in [1.54, 1.807) is 4.90 Å².